The molecule has 5 nitrogen and oxygen atoms in total. The van der Waals surface area contributed by atoms with Crippen LogP contribution in [0.4, 0.5) is 13.2 Å². The number of hydrogen-bond donors (Lipinski definition) is 1. The van der Waals surface area contributed by atoms with Crippen molar-refractivity contribution in [2.45, 2.75) is 31.0 Å². The van der Waals surface area contributed by atoms with E-state index in [0.717, 1.165) is 12.1 Å². The summed E-state index contributed by atoms with van der Waals surface area (Å²) in [6, 6.07) is 8.01. The molecule has 0 saturated carbocycles. The second kappa shape index (κ2) is 9.73. The van der Waals surface area contributed by atoms with Crippen LogP contribution in [0.15, 0.2) is 47.4 Å². The fourth-order valence-electron chi connectivity index (χ4n) is 2.42. The van der Waals surface area contributed by atoms with E-state index in [-0.39, 0.29) is 33.6 Å². The Balaban J connectivity index is 2.15. The molecule has 0 radical (unpaired) electrons. The molecule has 166 valence electrons. The number of carbonyl (C=O) groups excluding carboxylic acids is 1. The highest BCUT2D eigenvalue weighted by molar-refractivity contribution is 7.89. The first kappa shape index (κ1) is 24.7. The minimum absolute atomic E-state index is 0.0505. The van der Waals surface area contributed by atoms with Crippen LogP contribution >= 0.6 is 11.6 Å². The first-order valence-electron chi connectivity index (χ1n) is 9.06. The SMILES string of the molecule is CC(C)N(C)S(=O)(=O)c1ccc(Cl)c(C(=O)NCC#Cc2cccc(C(F)(F)F)c2)c1. The second-order valence-electron chi connectivity index (χ2n) is 6.82. The molecule has 0 aliphatic rings. The van der Waals surface area contributed by atoms with Gasteiger partial charge in [-0.05, 0) is 50.2 Å². The first-order valence-corrected chi connectivity index (χ1v) is 10.9. The Morgan fingerprint density at radius 1 is 1.19 bits per heavy atom. The summed E-state index contributed by atoms with van der Waals surface area (Å²) in [5.41, 5.74) is -0.729. The highest BCUT2D eigenvalue weighted by Crippen LogP contribution is 2.29. The van der Waals surface area contributed by atoms with Gasteiger partial charge in [-0.25, -0.2) is 8.42 Å². The van der Waals surface area contributed by atoms with Gasteiger partial charge in [-0.3, -0.25) is 4.79 Å². The van der Waals surface area contributed by atoms with Crippen molar-refractivity contribution in [2.75, 3.05) is 13.6 Å². The van der Waals surface area contributed by atoms with Gasteiger partial charge in [0.25, 0.3) is 5.91 Å². The van der Waals surface area contributed by atoms with Gasteiger partial charge in [0.2, 0.25) is 10.0 Å². The molecular formula is C21H20ClF3N2O3S. The van der Waals surface area contributed by atoms with E-state index < -0.39 is 27.7 Å². The van der Waals surface area contributed by atoms with Crippen LogP contribution in [0.25, 0.3) is 0 Å². The number of sulfonamides is 1. The monoisotopic (exact) mass is 472 g/mol. The molecule has 2 rings (SSSR count). The summed E-state index contributed by atoms with van der Waals surface area (Å²) in [6.45, 7) is 3.25. The summed E-state index contributed by atoms with van der Waals surface area (Å²) in [4.78, 5) is 12.3. The van der Waals surface area contributed by atoms with Gasteiger partial charge in [0.1, 0.15) is 0 Å². The molecule has 0 atom stereocenters. The van der Waals surface area contributed by atoms with Crippen LogP contribution in [0.2, 0.25) is 5.02 Å². The van der Waals surface area contributed by atoms with Crippen molar-refractivity contribution in [3.8, 4) is 11.8 Å². The Labute approximate surface area is 184 Å². The predicted octanol–water partition coefficient (Wildman–Crippen LogP) is 4.17. The third-order valence-electron chi connectivity index (χ3n) is 4.35. The number of rotatable bonds is 5. The van der Waals surface area contributed by atoms with Crippen molar-refractivity contribution >= 4 is 27.5 Å². The fraction of sp³-hybridized carbons (Fsp3) is 0.286. The zero-order chi connectivity index (χ0) is 23.4. The number of benzene rings is 2. The maximum absolute atomic E-state index is 12.7. The standard InChI is InChI=1S/C21H20ClF3N2O3S/c1-14(2)27(3)31(29,30)17-9-10-19(22)18(13-17)20(28)26-11-5-7-15-6-4-8-16(12-15)21(23,24)25/h4,6,8-10,12-14H,11H2,1-3H3,(H,26,28). The normalized spacial score (nSPS) is 11.9. The minimum atomic E-state index is -4.47. The molecule has 2 aromatic rings. The molecule has 0 heterocycles. The van der Waals surface area contributed by atoms with Gasteiger partial charge < -0.3 is 5.32 Å². The van der Waals surface area contributed by atoms with Crippen molar-refractivity contribution in [3.05, 3.63) is 64.2 Å². The molecule has 1 amide bonds. The van der Waals surface area contributed by atoms with Crippen LogP contribution in [0.1, 0.15) is 35.3 Å². The highest BCUT2D eigenvalue weighted by atomic mass is 35.5. The summed E-state index contributed by atoms with van der Waals surface area (Å²) in [6.07, 6.45) is -4.47. The van der Waals surface area contributed by atoms with E-state index in [1.807, 2.05) is 0 Å². The number of carbonyl (C=O) groups is 1. The lowest BCUT2D eigenvalue weighted by Gasteiger charge is -2.21. The van der Waals surface area contributed by atoms with Gasteiger partial charge in [0.05, 0.1) is 27.6 Å². The van der Waals surface area contributed by atoms with Crippen LogP contribution in [0.5, 0.6) is 0 Å². The average Bonchev–Trinajstić information content (AvgIpc) is 2.70. The van der Waals surface area contributed by atoms with Gasteiger partial charge in [0, 0.05) is 18.7 Å². The fourth-order valence-corrected chi connectivity index (χ4v) is 4.02. The number of nitrogens with one attached hydrogen (secondary N) is 1. The van der Waals surface area contributed by atoms with Gasteiger partial charge in [-0.2, -0.15) is 17.5 Å². The number of alkyl halides is 3. The highest BCUT2D eigenvalue weighted by Gasteiger charge is 2.30. The molecule has 0 saturated heterocycles. The predicted molar refractivity (Wildman–Crippen MR) is 112 cm³/mol. The molecule has 0 aliphatic carbocycles. The quantitative estimate of drug-likeness (QED) is 0.664. The van der Waals surface area contributed by atoms with Crippen LogP contribution in [0.3, 0.4) is 0 Å². The zero-order valence-corrected chi connectivity index (χ0v) is 18.5. The van der Waals surface area contributed by atoms with Crippen molar-refractivity contribution in [2.24, 2.45) is 0 Å². The summed E-state index contributed by atoms with van der Waals surface area (Å²) in [5.74, 6) is 4.44. The van der Waals surface area contributed by atoms with E-state index in [0.29, 0.717) is 0 Å². The Morgan fingerprint density at radius 3 is 2.48 bits per heavy atom. The van der Waals surface area contributed by atoms with Crippen molar-refractivity contribution in [1.29, 1.82) is 0 Å². The van der Waals surface area contributed by atoms with Crippen molar-refractivity contribution < 1.29 is 26.4 Å². The molecule has 31 heavy (non-hydrogen) atoms. The van der Waals surface area contributed by atoms with Gasteiger partial charge >= 0.3 is 6.18 Å². The molecule has 10 heteroatoms. The van der Waals surface area contributed by atoms with E-state index >= 15 is 0 Å². The van der Waals surface area contributed by atoms with Crippen LogP contribution < -0.4 is 5.32 Å². The Kier molecular flexibility index (Phi) is 7.76. The van der Waals surface area contributed by atoms with Gasteiger partial charge in [0.15, 0.2) is 0 Å². The molecule has 1 N–H and O–H groups in total. The summed E-state index contributed by atoms with van der Waals surface area (Å²) >= 11 is 6.04. The topological polar surface area (TPSA) is 66.5 Å². The van der Waals surface area contributed by atoms with E-state index in [1.165, 1.54) is 41.7 Å². The molecule has 0 spiro atoms. The summed E-state index contributed by atoms with van der Waals surface area (Å²) in [7, 11) is -2.39. The molecule has 0 aliphatic heterocycles. The van der Waals surface area contributed by atoms with E-state index in [4.69, 9.17) is 11.6 Å². The average molecular weight is 473 g/mol. The van der Waals surface area contributed by atoms with Crippen LogP contribution in [-0.4, -0.2) is 38.3 Å². The smallest absolute Gasteiger partial charge is 0.341 e. The summed E-state index contributed by atoms with van der Waals surface area (Å²) in [5, 5.41) is 2.51. The molecule has 2 aromatic carbocycles. The van der Waals surface area contributed by atoms with E-state index in [1.54, 1.807) is 13.8 Å². The lowest BCUT2D eigenvalue weighted by molar-refractivity contribution is -0.137. The Bertz CT molecular complexity index is 1140. The molecular weight excluding hydrogens is 453 g/mol. The van der Waals surface area contributed by atoms with E-state index in [2.05, 4.69) is 17.2 Å². The maximum atomic E-state index is 12.7. The molecule has 0 bridgehead atoms. The maximum Gasteiger partial charge on any atom is 0.416 e. The zero-order valence-electron chi connectivity index (χ0n) is 16.9. The molecule has 0 aromatic heterocycles. The Morgan fingerprint density at radius 2 is 1.87 bits per heavy atom. The first-order chi connectivity index (χ1) is 14.3. The van der Waals surface area contributed by atoms with Crippen molar-refractivity contribution in [3.63, 3.8) is 0 Å². The molecule has 0 unspecified atom stereocenters. The van der Waals surface area contributed by atoms with Crippen LogP contribution in [-0.2, 0) is 16.2 Å². The van der Waals surface area contributed by atoms with Crippen molar-refractivity contribution in [1.82, 2.24) is 9.62 Å². The van der Waals surface area contributed by atoms with Gasteiger partial charge in [-0.15, -0.1) is 0 Å². The number of amides is 1. The number of hydrogen-bond acceptors (Lipinski definition) is 3. The third kappa shape index (κ3) is 6.23. The van der Waals surface area contributed by atoms with Crippen LogP contribution in [0, 0.1) is 11.8 Å². The third-order valence-corrected chi connectivity index (χ3v) is 6.71. The molecule has 0 fully saturated rings. The number of halogens is 4. The second-order valence-corrected chi connectivity index (χ2v) is 9.22. The Hall–Kier alpha value is -2.54. The van der Waals surface area contributed by atoms with Gasteiger partial charge in [-0.1, -0.05) is 29.5 Å². The van der Waals surface area contributed by atoms with E-state index in [9.17, 15) is 26.4 Å². The lowest BCUT2D eigenvalue weighted by atomic mass is 10.1. The number of nitrogens with zero attached hydrogens (tertiary/aromatic N) is 1. The largest absolute Gasteiger partial charge is 0.416 e. The minimum Gasteiger partial charge on any atom is -0.341 e. The summed E-state index contributed by atoms with van der Waals surface area (Å²) < 4.78 is 64.6. The lowest BCUT2D eigenvalue weighted by Crippen LogP contribution is -2.33.